The molecule has 0 radical (unpaired) electrons. The Hall–Kier alpha value is -3.10. The summed E-state index contributed by atoms with van der Waals surface area (Å²) in [4.78, 5) is 30.1. The standard InChI is InChI=1S/C28H31F2N3O3/c29-21-8-9-24(30)23(15-21)20-14-25(18-4-2-1-3-5-18)33(17-20)28(36)27(19-6-7-19)31-16-26(35)32-12-10-22(34)11-13-32/h1-5,8-9,14-15,19,22,25,27,31,34H,6-7,10-13,16-17H2/t25-,27-/m0/s1. The maximum Gasteiger partial charge on any atom is 0.241 e. The fourth-order valence-corrected chi connectivity index (χ4v) is 5.16. The first-order valence-corrected chi connectivity index (χ1v) is 12.6. The van der Waals surface area contributed by atoms with E-state index in [1.54, 1.807) is 9.80 Å². The maximum atomic E-state index is 14.6. The lowest BCUT2D eigenvalue weighted by molar-refractivity contribution is -0.135. The monoisotopic (exact) mass is 495 g/mol. The average molecular weight is 496 g/mol. The highest BCUT2D eigenvalue weighted by molar-refractivity contribution is 5.88. The van der Waals surface area contributed by atoms with Crippen LogP contribution in [0.1, 0.15) is 42.9 Å². The molecule has 2 heterocycles. The molecule has 2 aromatic carbocycles. The van der Waals surface area contributed by atoms with E-state index in [0.717, 1.165) is 30.5 Å². The molecule has 0 bridgehead atoms. The van der Waals surface area contributed by atoms with Gasteiger partial charge in [0, 0.05) is 25.2 Å². The molecule has 2 aromatic rings. The van der Waals surface area contributed by atoms with Crippen molar-refractivity contribution in [2.45, 2.75) is 43.9 Å². The van der Waals surface area contributed by atoms with E-state index in [9.17, 15) is 23.5 Å². The summed E-state index contributed by atoms with van der Waals surface area (Å²) >= 11 is 0. The summed E-state index contributed by atoms with van der Waals surface area (Å²) < 4.78 is 28.5. The number of piperidine rings is 1. The molecule has 3 aliphatic rings. The zero-order chi connectivity index (χ0) is 25.2. The fourth-order valence-electron chi connectivity index (χ4n) is 5.16. The van der Waals surface area contributed by atoms with Gasteiger partial charge in [-0.3, -0.25) is 14.9 Å². The number of nitrogens with zero attached hydrogens (tertiary/aromatic N) is 2. The van der Waals surface area contributed by atoms with E-state index in [4.69, 9.17) is 0 Å². The van der Waals surface area contributed by atoms with Gasteiger partial charge in [0.25, 0.3) is 0 Å². The van der Waals surface area contributed by atoms with Gasteiger partial charge >= 0.3 is 0 Å². The van der Waals surface area contributed by atoms with Gasteiger partial charge in [0.1, 0.15) is 11.6 Å². The summed E-state index contributed by atoms with van der Waals surface area (Å²) in [6.07, 6.45) is 4.39. The molecule has 2 amide bonds. The van der Waals surface area contributed by atoms with Gasteiger partial charge < -0.3 is 14.9 Å². The highest BCUT2D eigenvalue weighted by Crippen LogP contribution is 2.39. The van der Waals surface area contributed by atoms with E-state index < -0.39 is 23.7 Å². The summed E-state index contributed by atoms with van der Waals surface area (Å²) in [5.74, 6) is -1.15. The van der Waals surface area contributed by atoms with Crippen LogP contribution in [0.3, 0.4) is 0 Å². The van der Waals surface area contributed by atoms with Crippen molar-refractivity contribution in [3.05, 3.63) is 77.4 Å². The first kappa shape index (κ1) is 24.6. The molecule has 36 heavy (non-hydrogen) atoms. The van der Waals surface area contributed by atoms with Gasteiger partial charge in [0.15, 0.2) is 0 Å². The maximum absolute atomic E-state index is 14.6. The number of hydrogen-bond acceptors (Lipinski definition) is 4. The van der Waals surface area contributed by atoms with Crippen LogP contribution in [0.2, 0.25) is 0 Å². The van der Waals surface area contributed by atoms with Crippen LogP contribution < -0.4 is 5.32 Å². The second kappa shape index (κ2) is 10.5. The predicted molar refractivity (Wildman–Crippen MR) is 132 cm³/mol. The molecule has 2 fully saturated rings. The van der Waals surface area contributed by atoms with Gasteiger partial charge in [-0.25, -0.2) is 8.78 Å². The minimum absolute atomic E-state index is 0.0473. The van der Waals surface area contributed by atoms with Gasteiger partial charge in [-0.05, 0) is 60.9 Å². The minimum Gasteiger partial charge on any atom is -0.393 e. The summed E-state index contributed by atoms with van der Waals surface area (Å²) in [6.45, 7) is 1.23. The van der Waals surface area contributed by atoms with Crippen molar-refractivity contribution in [2.75, 3.05) is 26.2 Å². The number of likely N-dealkylation sites (tertiary alicyclic amines) is 1. The zero-order valence-corrected chi connectivity index (χ0v) is 20.1. The van der Waals surface area contributed by atoms with Gasteiger partial charge in [0.05, 0.1) is 24.7 Å². The molecule has 5 rings (SSSR count). The van der Waals surface area contributed by atoms with Gasteiger partial charge in [0.2, 0.25) is 11.8 Å². The van der Waals surface area contributed by atoms with E-state index in [-0.39, 0.29) is 42.5 Å². The Morgan fingerprint density at radius 1 is 1.03 bits per heavy atom. The molecule has 0 spiro atoms. The Bertz CT molecular complexity index is 1140. The molecule has 8 heteroatoms. The van der Waals surface area contributed by atoms with E-state index in [0.29, 0.717) is 31.5 Å². The molecular formula is C28H31F2N3O3. The van der Waals surface area contributed by atoms with Crippen LogP contribution in [0.5, 0.6) is 0 Å². The third-order valence-corrected chi connectivity index (χ3v) is 7.38. The third-order valence-electron chi connectivity index (χ3n) is 7.38. The largest absolute Gasteiger partial charge is 0.393 e. The smallest absolute Gasteiger partial charge is 0.241 e. The van der Waals surface area contributed by atoms with Crippen molar-refractivity contribution in [3.8, 4) is 0 Å². The lowest BCUT2D eigenvalue weighted by atomic mass is 10.0. The van der Waals surface area contributed by atoms with Gasteiger partial charge in [-0.1, -0.05) is 36.4 Å². The highest BCUT2D eigenvalue weighted by atomic mass is 19.1. The van der Waals surface area contributed by atoms with Crippen LogP contribution in [-0.2, 0) is 9.59 Å². The molecule has 2 atom stereocenters. The van der Waals surface area contributed by atoms with Crippen LogP contribution in [0, 0.1) is 17.6 Å². The molecular weight excluding hydrogens is 464 g/mol. The molecule has 6 nitrogen and oxygen atoms in total. The quantitative estimate of drug-likeness (QED) is 0.619. The lowest BCUT2D eigenvalue weighted by Gasteiger charge is -2.32. The molecule has 190 valence electrons. The SMILES string of the molecule is O=C(CN[C@H](C(=O)N1CC(c2cc(F)ccc2F)=C[C@H]1c1ccccc1)C1CC1)N1CCC(O)CC1. The fraction of sp³-hybridized carbons (Fsp3) is 0.429. The Kier molecular flexibility index (Phi) is 7.16. The topological polar surface area (TPSA) is 72.9 Å². The Labute approximate surface area is 209 Å². The second-order valence-electron chi connectivity index (χ2n) is 9.95. The van der Waals surface area contributed by atoms with Crippen molar-refractivity contribution in [1.29, 1.82) is 0 Å². The van der Waals surface area contributed by atoms with E-state index in [2.05, 4.69) is 5.32 Å². The van der Waals surface area contributed by atoms with E-state index in [1.165, 1.54) is 6.07 Å². The zero-order valence-electron chi connectivity index (χ0n) is 20.1. The van der Waals surface area contributed by atoms with Crippen LogP contribution in [0.15, 0.2) is 54.6 Å². The molecule has 1 aliphatic carbocycles. The first-order valence-electron chi connectivity index (χ1n) is 12.6. The molecule has 2 N–H and O–H groups in total. The number of nitrogens with one attached hydrogen (secondary N) is 1. The van der Waals surface area contributed by atoms with Crippen molar-refractivity contribution in [3.63, 3.8) is 0 Å². The van der Waals surface area contributed by atoms with Gasteiger partial charge in [-0.2, -0.15) is 0 Å². The first-order chi connectivity index (χ1) is 17.4. The van der Waals surface area contributed by atoms with Crippen LogP contribution >= 0.6 is 0 Å². The molecule has 0 unspecified atom stereocenters. The Morgan fingerprint density at radius 2 is 1.75 bits per heavy atom. The minimum atomic E-state index is -0.533. The number of amides is 2. The number of aliphatic hydroxyl groups is 1. The lowest BCUT2D eigenvalue weighted by Crippen LogP contribution is -2.51. The Balaban J connectivity index is 1.35. The average Bonchev–Trinajstić information content (AvgIpc) is 3.63. The summed E-state index contributed by atoms with van der Waals surface area (Å²) in [6, 6.07) is 11.9. The van der Waals surface area contributed by atoms with Crippen LogP contribution in [0.4, 0.5) is 8.78 Å². The van der Waals surface area contributed by atoms with Crippen LogP contribution in [-0.4, -0.2) is 65.0 Å². The summed E-state index contributed by atoms with van der Waals surface area (Å²) in [7, 11) is 0. The Morgan fingerprint density at radius 3 is 2.44 bits per heavy atom. The van der Waals surface area contributed by atoms with Crippen LogP contribution in [0.25, 0.3) is 5.57 Å². The van der Waals surface area contributed by atoms with Crippen molar-refractivity contribution < 1.29 is 23.5 Å². The molecule has 1 saturated heterocycles. The van der Waals surface area contributed by atoms with E-state index >= 15 is 0 Å². The molecule has 1 saturated carbocycles. The number of halogens is 2. The number of carbonyl (C=O) groups is 2. The number of benzene rings is 2. The number of aliphatic hydroxyl groups excluding tert-OH is 1. The van der Waals surface area contributed by atoms with Gasteiger partial charge in [-0.15, -0.1) is 0 Å². The normalized spacial score (nSPS) is 21.4. The third kappa shape index (κ3) is 5.34. The summed E-state index contributed by atoms with van der Waals surface area (Å²) in [5.41, 5.74) is 1.60. The van der Waals surface area contributed by atoms with Crippen molar-refractivity contribution >= 4 is 17.4 Å². The molecule has 0 aromatic heterocycles. The van der Waals surface area contributed by atoms with Crippen molar-refractivity contribution in [2.24, 2.45) is 5.92 Å². The second-order valence-corrected chi connectivity index (χ2v) is 9.95. The summed E-state index contributed by atoms with van der Waals surface area (Å²) in [5, 5.41) is 12.9. The molecule has 2 aliphatic heterocycles. The highest BCUT2D eigenvalue weighted by Gasteiger charge is 2.42. The number of carbonyl (C=O) groups excluding carboxylic acids is 2. The predicted octanol–water partition coefficient (Wildman–Crippen LogP) is 3.28. The van der Waals surface area contributed by atoms with E-state index in [1.807, 2.05) is 36.4 Å². The number of hydrogen-bond donors (Lipinski definition) is 2. The van der Waals surface area contributed by atoms with Crippen molar-refractivity contribution in [1.82, 2.24) is 15.1 Å². The number of rotatable bonds is 7.